The van der Waals surface area contributed by atoms with E-state index in [1.54, 1.807) is 0 Å². The highest BCUT2D eigenvalue weighted by molar-refractivity contribution is 5.18. The molecule has 74 valence electrons. The summed E-state index contributed by atoms with van der Waals surface area (Å²) in [6.45, 7) is 0. The van der Waals surface area contributed by atoms with E-state index in [-0.39, 0.29) is 5.82 Å². The first-order valence-corrected chi connectivity index (χ1v) is 3.56. The second-order valence-electron chi connectivity index (χ2n) is 2.45. The van der Waals surface area contributed by atoms with E-state index in [1.165, 1.54) is 24.4 Å². The van der Waals surface area contributed by atoms with Crippen molar-refractivity contribution in [3.8, 4) is 0 Å². The lowest BCUT2D eigenvalue weighted by molar-refractivity contribution is -1.00. The van der Waals surface area contributed by atoms with E-state index in [0.717, 1.165) is 4.57 Å². The number of aromatic nitrogens is 1. The monoisotopic (exact) mass is 199 g/mol. The van der Waals surface area contributed by atoms with Gasteiger partial charge < -0.3 is 0 Å². The van der Waals surface area contributed by atoms with Crippen LogP contribution in [0.3, 0.4) is 0 Å². The van der Waals surface area contributed by atoms with Gasteiger partial charge in [-0.25, -0.2) is 0 Å². The number of nitrogens with zero attached hydrogens (tertiary/aromatic N) is 3. The third-order valence-electron chi connectivity index (χ3n) is 1.55. The third-order valence-corrected chi connectivity index (χ3v) is 1.55. The fourth-order valence-electron chi connectivity index (χ4n) is 0.959. The lowest BCUT2D eigenvalue weighted by Gasteiger charge is -2.01. The van der Waals surface area contributed by atoms with Gasteiger partial charge >= 0.3 is 6.29 Å². The standard InChI is InChI=1S/C6H6N4O4/c7-5-3-1-2-4-8(5)6(9(11)12)10(13)14/h1-4,6-7H/p+1. The van der Waals surface area contributed by atoms with Crippen molar-refractivity contribution in [2.24, 2.45) is 0 Å². The summed E-state index contributed by atoms with van der Waals surface area (Å²) in [5.74, 6) is -0.0362. The Bertz CT molecular complexity index is 366. The first-order chi connectivity index (χ1) is 6.54. The summed E-state index contributed by atoms with van der Waals surface area (Å²) in [4.78, 5) is 18.7. The van der Waals surface area contributed by atoms with Gasteiger partial charge in [-0.05, 0) is 6.07 Å². The van der Waals surface area contributed by atoms with E-state index in [1.807, 2.05) is 0 Å². The molecule has 2 N–H and O–H groups in total. The van der Waals surface area contributed by atoms with Crippen LogP contribution in [0.25, 0.3) is 0 Å². The molecule has 0 radical (unpaired) electrons. The molecule has 0 bridgehead atoms. The van der Waals surface area contributed by atoms with Crippen LogP contribution in [0.15, 0.2) is 24.4 Å². The molecule has 0 unspecified atom stereocenters. The highest BCUT2D eigenvalue weighted by atomic mass is 16.7. The van der Waals surface area contributed by atoms with Gasteiger partial charge in [-0.1, -0.05) is 6.07 Å². The summed E-state index contributed by atoms with van der Waals surface area (Å²) in [6, 6.07) is 4.30. The molecule has 0 saturated carbocycles. The number of nitro groups is 2. The number of nitrogen functional groups attached to an aromatic ring is 1. The molecule has 0 saturated heterocycles. The van der Waals surface area contributed by atoms with Gasteiger partial charge in [0.15, 0.2) is 0 Å². The van der Waals surface area contributed by atoms with Crippen LogP contribution >= 0.6 is 0 Å². The minimum atomic E-state index is -2.07. The number of rotatable bonds is 3. The smallest absolute Gasteiger partial charge is 0.287 e. The van der Waals surface area contributed by atoms with E-state index < -0.39 is 16.1 Å². The zero-order chi connectivity index (χ0) is 10.7. The van der Waals surface area contributed by atoms with Crippen molar-refractivity contribution in [1.82, 2.24) is 0 Å². The zero-order valence-electron chi connectivity index (χ0n) is 6.94. The van der Waals surface area contributed by atoms with Crippen LogP contribution in [0.5, 0.6) is 0 Å². The molecule has 1 aromatic rings. The van der Waals surface area contributed by atoms with Crippen molar-refractivity contribution in [2.45, 2.75) is 6.29 Å². The Morgan fingerprint density at radius 1 is 1.29 bits per heavy atom. The summed E-state index contributed by atoms with van der Waals surface area (Å²) in [7, 11) is 0. The Morgan fingerprint density at radius 3 is 2.29 bits per heavy atom. The van der Waals surface area contributed by atoms with Crippen molar-refractivity contribution < 1.29 is 14.4 Å². The Morgan fingerprint density at radius 2 is 1.86 bits per heavy atom. The van der Waals surface area contributed by atoms with Crippen molar-refractivity contribution in [1.29, 1.82) is 0 Å². The van der Waals surface area contributed by atoms with E-state index in [9.17, 15) is 20.2 Å². The van der Waals surface area contributed by atoms with E-state index in [2.05, 4.69) is 0 Å². The summed E-state index contributed by atoms with van der Waals surface area (Å²) in [5.41, 5.74) is 5.35. The number of hydrogen-bond acceptors (Lipinski definition) is 5. The van der Waals surface area contributed by atoms with Crippen LogP contribution in [0.4, 0.5) is 5.82 Å². The van der Waals surface area contributed by atoms with Gasteiger partial charge in [0.05, 0.1) is 0 Å². The average molecular weight is 199 g/mol. The van der Waals surface area contributed by atoms with Gasteiger partial charge in [-0.3, -0.25) is 26.0 Å². The number of pyridine rings is 1. The maximum Gasteiger partial charge on any atom is 0.597 e. The summed E-state index contributed by atoms with van der Waals surface area (Å²) in [6.07, 6.45) is -0.887. The molecule has 1 rings (SSSR count). The van der Waals surface area contributed by atoms with Crippen LogP contribution < -0.4 is 10.3 Å². The second kappa shape index (κ2) is 3.64. The van der Waals surface area contributed by atoms with Crippen molar-refractivity contribution in [2.75, 3.05) is 5.73 Å². The largest absolute Gasteiger partial charge is 0.597 e. The summed E-state index contributed by atoms with van der Waals surface area (Å²) in [5, 5.41) is 20.8. The summed E-state index contributed by atoms with van der Waals surface area (Å²) < 4.78 is 0.778. The molecule has 0 aliphatic rings. The fourth-order valence-corrected chi connectivity index (χ4v) is 0.959. The van der Waals surface area contributed by atoms with E-state index in [0.29, 0.717) is 0 Å². The number of nitrogens with two attached hydrogens (primary N) is 1. The zero-order valence-corrected chi connectivity index (χ0v) is 6.94. The van der Waals surface area contributed by atoms with Gasteiger partial charge in [-0.2, -0.15) is 0 Å². The predicted molar refractivity (Wildman–Crippen MR) is 44.1 cm³/mol. The molecule has 0 amide bonds. The average Bonchev–Trinajstić information content (AvgIpc) is 2.07. The fraction of sp³-hybridized carbons (Fsp3) is 0.167. The molecule has 0 aliphatic heterocycles. The Kier molecular flexibility index (Phi) is 2.56. The SMILES string of the molecule is Nc1cccc[n+]1C([N+](=O)[O-])[N+](=O)[O-]. The molecule has 0 aromatic carbocycles. The maximum atomic E-state index is 10.4. The topological polar surface area (TPSA) is 116 Å². The molecule has 0 aliphatic carbocycles. The molecular weight excluding hydrogens is 192 g/mol. The Labute approximate surface area is 77.9 Å². The Balaban J connectivity index is 3.18. The lowest BCUT2D eigenvalue weighted by Crippen LogP contribution is -2.49. The molecule has 8 nitrogen and oxygen atoms in total. The molecule has 1 heterocycles. The van der Waals surface area contributed by atoms with Crippen LogP contribution in [0.2, 0.25) is 0 Å². The third kappa shape index (κ3) is 1.73. The van der Waals surface area contributed by atoms with Crippen LogP contribution in [0, 0.1) is 20.2 Å². The van der Waals surface area contributed by atoms with Gasteiger partial charge in [-0.15, -0.1) is 4.57 Å². The first kappa shape index (κ1) is 9.84. The molecular formula is C6H7N4O4+. The molecule has 1 aromatic heterocycles. The highest BCUT2D eigenvalue weighted by Gasteiger charge is 2.40. The van der Waals surface area contributed by atoms with Crippen molar-refractivity contribution in [3.05, 3.63) is 44.6 Å². The van der Waals surface area contributed by atoms with Gasteiger partial charge in [0.1, 0.15) is 16.0 Å². The number of anilines is 1. The summed E-state index contributed by atoms with van der Waals surface area (Å²) >= 11 is 0. The van der Waals surface area contributed by atoms with Crippen LogP contribution in [0.1, 0.15) is 6.29 Å². The molecule has 8 heteroatoms. The minimum Gasteiger partial charge on any atom is -0.287 e. The molecule has 0 fully saturated rings. The molecule has 14 heavy (non-hydrogen) atoms. The minimum absolute atomic E-state index is 0.0362. The molecule has 0 atom stereocenters. The predicted octanol–water partition coefficient (Wildman–Crippen LogP) is -0.434. The lowest BCUT2D eigenvalue weighted by atomic mass is 10.4. The van der Waals surface area contributed by atoms with Gasteiger partial charge in [0, 0.05) is 6.07 Å². The van der Waals surface area contributed by atoms with Crippen molar-refractivity contribution in [3.63, 3.8) is 0 Å². The Hall–Kier alpha value is -2.25. The van der Waals surface area contributed by atoms with Gasteiger partial charge in [0.25, 0.3) is 5.82 Å². The molecule has 0 spiro atoms. The normalized spacial score (nSPS) is 10.1. The quantitative estimate of drug-likeness (QED) is 0.306. The second-order valence-corrected chi connectivity index (χ2v) is 2.45. The first-order valence-electron chi connectivity index (χ1n) is 3.56. The van der Waals surface area contributed by atoms with Crippen LogP contribution in [-0.4, -0.2) is 9.85 Å². The van der Waals surface area contributed by atoms with E-state index >= 15 is 0 Å². The maximum absolute atomic E-state index is 10.4. The van der Waals surface area contributed by atoms with Crippen molar-refractivity contribution >= 4 is 5.82 Å². The highest BCUT2D eigenvalue weighted by Crippen LogP contribution is 2.02. The van der Waals surface area contributed by atoms with E-state index in [4.69, 9.17) is 5.73 Å². The van der Waals surface area contributed by atoms with Gasteiger partial charge in [0.2, 0.25) is 0 Å². The van der Waals surface area contributed by atoms with Crippen LogP contribution in [-0.2, 0) is 0 Å². The number of hydrogen-bond donors (Lipinski definition) is 1.